The highest BCUT2D eigenvalue weighted by Crippen LogP contribution is 2.25. The van der Waals surface area contributed by atoms with Crippen LogP contribution in [0.5, 0.6) is 0 Å². The molecule has 18 heavy (non-hydrogen) atoms. The van der Waals surface area contributed by atoms with Gasteiger partial charge in [0.15, 0.2) is 11.9 Å². The number of aliphatic hydroxyl groups is 3. The van der Waals surface area contributed by atoms with Gasteiger partial charge in [-0.1, -0.05) is 26.2 Å². The average molecular weight is 260 g/mol. The van der Waals surface area contributed by atoms with E-state index in [4.69, 9.17) is 14.6 Å². The molecule has 0 aliphatic carbocycles. The zero-order valence-electron chi connectivity index (χ0n) is 10.5. The summed E-state index contributed by atoms with van der Waals surface area (Å²) in [5.41, 5.74) is 0. The maximum absolute atomic E-state index is 11.1. The number of unbranched alkanes of at least 4 members (excludes halogenated alkanes) is 3. The Balaban J connectivity index is 2.50. The summed E-state index contributed by atoms with van der Waals surface area (Å²) in [4.78, 5) is 11.1. The fourth-order valence-electron chi connectivity index (χ4n) is 1.67. The fourth-order valence-corrected chi connectivity index (χ4v) is 1.67. The Morgan fingerprint density at radius 2 is 2.11 bits per heavy atom. The quantitative estimate of drug-likeness (QED) is 0.437. The first-order valence-corrected chi connectivity index (χ1v) is 6.17. The van der Waals surface area contributed by atoms with E-state index in [1.165, 1.54) is 0 Å². The van der Waals surface area contributed by atoms with Crippen LogP contribution >= 0.6 is 0 Å². The molecular formula is C12H20O6. The number of aliphatic hydroxyl groups excluding tert-OH is 3. The molecule has 0 spiro atoms. The van der Waals surface area contributed by atoms with E-state index in [9.17, 15) is 15.0 Å². The average Bonchev–Trinajstić information content (AvgIpc) is 2.65. The Morgan fingerprint density at radius 3 is 2.72 bits per heavy atom. The lowest BCUT2D eigenvalue weighted by Gasteiger charge is -2.18. The Labute approximate surface area is 106 Å². The van der Waals surface area contributed by atoms with E-state index < -0.39 is 30.5 Å². The van der Waals surface area contributed by atoms with Crippen LogP contribution in [0.3, 0.4) is 0 Å². The van der Waals surface area contributed by atoms with Crippen molar-refractivity contribution in [2.24, 2.45) is 0 Å². The second kappa shape index (κ2) is 7.23. The van der Waals surface area contributed by atoms with Crippen LogP contribution < -0.4 is 0 Å². The summed E-state index contributed by atoms with van der Waals surface area (Å²) in [5.74, 6) is -1.64. The van der Waals surface area contributed by atoms with Crippen molar-refractivity contribution in [2.45, 2.75) is 44.8 Å². The number of ether oxygens (including phenoxy) is 2. The molecule has 0 fully saturated rings. The SMILES string of the molecule is CCCCCCOC1=C(O)C(=O)OC1C(O)CO. The lowest BCUT2D eigenvalue weighted by Crippen LogP contribution is -2.32. The molecule has 0 bridgehead atoms. The smallest absolute Gasteiger partial charge is 0.378 e. The standard InChI is InChI=1S/C12H20O6/c1-2-3-4-5-6-17-11-9(15)12(16)18-10(11)8(14)7-13/h8,10,13-15H,2-7H2,1H3. The number of carbonyl (C=O) groups excluding carboxylic acids is 1. The van der Waals surface area contributed by atoms with Crippen molar-refractivity contribution in [3.63, 3.8) is 0 Å². The van der Waals surface area contributed by atoms with E-state index in [0.29, 0.717) is 6.61 Å². The van der Waals surface area contributed by atoms with Crippen LogP contribution in [0, 0.1) is 0 Å². The molecule has 3 N–H and O–H groups in total. The van der Waals surface area contributed by atoms with Gasteiger partial charge in [-0.15, -0.1) is 0 Å². The van der Waals surface area contributed by atoms with Gasteiger partial charge in [-0.3, -0.25) is 0 Å². The van der Waals surface area contributed by atoms with Crippen LogP contribution in [0.15, 0.2) is 11.5 Å². The third kappa shape index (κ3) is 3.61. The zero-order valence-corrected chi connectivity index (χ0v) is 10.5. The molecule has 6 nitrogen and oxygen atoms in total. The van der Waals surface area contributed by atoms with E-state index >= 15 is 0 Å². The Morgan fingerprint density at radius 1 is 1.39 bits per heavy atom. The lowest BCUT2D eigenvalue weighted by atomic mass is 10.2. The summed E-state index contributed by atoms with van der Waals surface area (Å²) in [7, 11) is 0. The molecule has 104 valence electrons. The highest BCUT2D eigenvalue weighted by Gasteiger charge is 2.40. The third-order valence-corrected chi connectivity index (χ3v) is 2.71. The molecule has 0 aromatic carbocycles. The molecule has 6 heteroatoms. The van der Waals surface area contributed by atoms with Crippen molar-refractivity contribution in [2.75, 3.05) is 13.2 Å². The zero-order chi connectivity index (χ0) is 13.5. The van der Waals surface area contributed by atoms with Gasteiger partial charge < -0.3 is 24.8 Å². The predicted octanol–water partition coefficient (Wildman–Crippen LogP) is 0.631. The van der Waals surface area contributed by atoms with Crippen molar-refractivity contribution in [1.29, 1.82) is 0 Å². The van der Waals surface area contributed by atoms with Gasteiger partial charge in [0.25, 0.3) is 0 Å². The van der Waals surface area contributed by atoms with Crippen LogP contribution in [0.2, 0.25) is 0 Å². The summed E-state index contributed by atoms with van der Waals surface area (Å²) in [6, 6.07) is 0. The number of carbonyl (C=O) groups is 1. The van der Waals surface area contributed by atoms with Crippen molar-refractivity contribution >= 4 is 5.97 Å². The van der Waals surface area contributed by atoms with Crippen LogP contribution in [-0.4, -0.2) is 46.7 Å². The van der Waals surface area contributed by atoms with Crippen molar-refractivity contribution < 1.29 is 29.6 Å². The third-order valence-electron chi connectivity index (χ3n) is 2.71. The van der Waals surface area contributed by atoms with Gasteiger partial charge in [-0.05, 0) is 6.42 Å². The highest BCUT2D eigenvalue weighted by atomic mass is 16.6. The summed E-state index contributed by atoms with van der Waals surface area (Å²) in [6.07, 6.45) is 1.57. The van der Waals surface area contributed by atoms with Gasteiger partial charge in [-0.25, -0.2) is 4.79 Å². The number of hydrogen-bond donors (Lipinski definition) is 3. The molecule has 0 aromatic heterocycles. The largest absolute Gasteiger partial charge is 0.499 e. The number of esters is 1. The number of rotatable bonds is 8. The summed E-state index contributed by atoms with van der Waals surface area (Å²) < 4.78 is 10.00. The minimum atomic E-state index is -1.29. The van der Waals surface area contributed by atoms with Gasteiger partial charge in [-0.2, -0.15) is 0 Å². The van der Waals surface area contributed by atoms with Crippen LogP contribution in [0.25, 0.3) is 0 Å². The van der Waals surface area contributed by atoms with E-state index in [-0.39, 0.29) is 5.76 Å². The fraction of sp³-hybridized carbons (Fsp3) is 0.750. The van der Waals surface area contributed by atoms with Gasteiger partial charge in [0, 0.05) is 0 Å². The predicted molar refractivity (Wildman–Crippen MR) is 62.7 cm³/mol. The van der Waals surface area contributed by atoms with E-state index in [0.717, 1.165) is 25.7 Å². The van der Waals surface area contributed by atoms with Crippen LogP contribution in [-0.2, 0) is 14.3 Å². The van der Waals surface area contributed by atoms with Gasteiger partial charge in [0.2, 0.25) is 5.76 Å². The van der Waals surface area contributed by atoms with Gasteiger partial charge in [0.05, 0.1) is 13.2 Å². The first kappa shape index (κ1) is 14.8. The lowest BCUT2D eigenvalue weighted by molar-refractivity contribution is -0.148. The first-order valence-electron chi connectivity index (χ1n) is 6.17. The Kier molecular flexibility index (Phi) is 5.94. The van der Waals surface area contributed by atoms with Crippen LogP contribution in [0.1, 0.15) is 32.6 Å². The molecule has 2 atom stereocenters. The normalized spacial score (nSPS) is 21.1. The second-order valence-corrected chi connectivity index (χ2v) is 4.20. The van der Waals surface area contributed by atoms with Crippen molar-refractivity contribution in [3.8, 4) is 0 Å². The molecule has 1 aliphatic rings. The molecular weight excluding hydrogens is 240 g/mol. The Hall–Kier alpha value is -1.27. The molecule has 1 aliphatic heterocycles. The van der Waals surface area contributed by atoms with E-state index in [2.05, 4.69) is 6.92 Å². The molecule has 0 radical (unpaired) electrons. The van der Waals surface area contributed by atoms with Crippen LogP contribution in [0.4, 0.5) is 0 Å². The minimum absolute atomic E-state index is 0.0851. The summed E-state index contributed by atoms with van der Waals surface area (Å²) in [5, 5.41) is 27.7. The Bertz CT molecular complexity index is 312. The molecule has 0 saturated heterocycles. The maximum atomic E-state index is 11.1. The summed E-state index contributed by atoms with van der Waals surface area (Å²) >= 11 is 0. The monoisotopic (exact) mass is 260 g/mol. The summed E-state index contributed by atoms with van der Waals surface area (Å²) in [6.45, 7) is 1.85. The first-order chi connectivity index (χ1) is 8.61. The number of cyclic esters (lactones) is 1. The van der Waals surface area contributed by atoms with E-state index in [1.807, 2.05) is 0 Å². The molecule has 0 amide bonds. The van der Waals surface area contributed by atoms with E-state index in [1.54, 1.807) is 0 Å². The second-order valence-electron chi connectivity index (χ2n) is 4.20. The van der Waals surface area contributed by atoms with Gasteiger partial charge >= 0.3 is 5.97 Å². The molecule has 0 saturated carbocycles. The topological polar surface area (TPSA) is 96.2 Å². The molecule has 0 aromatic rings. The highest BCUT2D eigenvalue weighted by molar-refractivity contribution is 5.89. The van der Waals surface area contributed by atoms with Crippen molar-refractivity contribution in [3.05, 3.63) is 11.5 Å². The molecule has 1 rings (SSSR count). The maximum Gasteiger partial charge on any atom is 0.378 e. The molecule has 1 heterocycles. The van der Waals surface area contributed by atoms with Gasteiger partial charge in [0.1, 0.15) is 6.10 Å². The minimum Gasteiger partial charge on any atom is -0.499 e. The number of hydrogen-bond acceptors (Lipinski definition) is 6. The molecule has 2 unspecified atom stereocenters. The van der Waals surface area contributed by atoms with Crippen molar-refractivity contribution in [1.82, 2.24) is 0 Å².